The van der Waals surface area contributed by atoms with Crippen LogP contribution in [-0.4, -0.2) is 37.5 Å². The molecule has 0 spiro atoms. The molecule has 31 heavy (non-hydrogen) atoms. The standard InChI is InChI=1S/C22H22N6O2S/c1-15-14-20(28(2)3)26-22(24-15)25-17-9-11-18(12-10-17)27-31(29,30)19-8-4-6-16-7-5-13-23-21(16)19/h4-14,27H,1-3H3,(H,24,25,26). The van der Waals surface area contributed by atoms with E-state index in [1.54, 1.807) is 48.7 Å². The molecule has 4 rings (SSSR count). The summed E-state index contributed by atoms with van der Waals surface area (Å²) >= 11 is 0. The predicted molar refractivity (Wildman–Crippen MR) is 123 cm³/mol. The summed E-state index contributed by atoms with van der Waals surface area (Å²) in [5.74, 6) is 1.27. The molecule has 0 aliphatic carbocycles. The number of fused-ring (bicyclic) bond motifs is 1. The summed E-state index contributed by atoms with van der Waals surface area (Å²) in [6, 6.07) is 17.5. The monoisotopic (exact) mass is 434 g/mol. The minimum absolute atomic E-state index is 0.136. The second-order valence-electron chi connectivity index (χ2n) is 7.22. The van der Waals surface area contributed by atoms with E-state index in [2.05, 4.69) is 25.0 Å². The van der Waals surface area contributed by atoms with Gasteiger partial charge in [-0.1, -0.05) is 18.2 Å². The van der Waals surface area contributed by atoms with Crippen molar-refractivity contribution in [1.29, 1.82) is 0 Å². The van der Waals surface area contributed by atoms with Crippen LogP contribution in [-0.2, 0) is 10.0 Å². The van der Waals surface area contributed by atoms with Crippen LogP contribution in [0.4, 0.5) is 23.1 Å². The molecule has 0 saturated heterocycles. The SMILES string of the molecule is Cc1cc(N(C)C)nc(Nc2ccc(NS(=O)(=O)c3cccc4cccnc34)cc2)n1. The van der Waals surface area contributed by atoms with Gasteiger partial charge in [0.2, 0.25) is 5.95 Å². The van der Waals surface area contributed by atoms with E-state index < -0.39 is 10.0 Å². The summed E-state index contributed by atoms with van der Waals surface area (Å²) < 4.78 is 28.5. The summed E-state index contributed by atoms with van der Waals surface area (Å²) in [6.07, 6.45) is 1.58. The first kappa shape index (κ1) is 20.5. The number of benzene rings is 2. The zero-order chi connectivity index (χ0) is 22.0. The molecule has 0 saturated carbocycles. The number of sulfonamides is 1. The van der Waals surface area contributed by atoms with Crippen LogP contribution >= 0.6 is 0 Å². The lowest BCUT2D eigenvalue weighted by atomic mass is 10.2. The van der Waals surface area contributed by atoms with Gasteiger partial charge in [0.25, 0.3) is 10.0 Å². The van der Waals surface area contributed by atoms with E-state index in [-0.39, 0.29) is 4.90 Å². The van der Waals surface area contributed by atoms with Gasteiger partial charge in [-0.25, -0.2) is 13.4 Å². The van der Waals surface area contributed by atoms with Gasteiger partial charge in [0.15, 0.2) is 0 Å². The van der Waals surface area contributed by atoms with Crippen LogP contribution in [0.5, 0.6) is 0 Å². The Morgan fingerprint density at radius 2 is 1.61 bits per heavy atom. The molecule has 2 heterocycles. The number of nitrogens with one attached hydrogen (secondary N) is 2. The van der Waals surface area contributed by atoms with Crippen LogP contribution in [0.2, 0.25) is 0 Å². The fourth-order valence-corrected chi connectivity index (χ4v) is 4.33. The minimum atomic E-state index is -3.80. The molecule has 2 N–H and O–H groups in total. The number of nitrogens with zero attached hydrogens (tertiary/aromatic N) is 4. The second-order valence-corrected chi connectivity index (χ2v) is 8.88. The van der Waals surface area contributed by atoms with E-state index in [0.29, 0.717) is 17.2 Å². The van der Waals surface area contributed by atoms with Crippen LogP contribution in [0.25, 0.3) is 10.9 Å². The van der Waals surface area contributed by atoms with E-state index in [4.69, 9.17) is 0 Å². The number of aromatic nitrogens is 3. The Hall–Kier alpha value is -3.72. The average molecular weight is 435 g/mol. The highest BCUT2D eigenvalue weighted by atomic mass is 32.2. The Kier molecular flexibility index (Phi) is 5.43. The van der Waals surface area contributed by atoms with E-state index in [1.807, 2.05) is 44.1 Å². The summed E-state index contributed by atoms with van der Waals surface area (Å²) in [7, 11) is 0.0337. The lowest BCUT2D eigenvalue weighted by Gasteiger charge is -2.14. The maximum Gasteiger partial charge on any atom is 0.264 e. The van der Waals surface area contributed by atoms with Crippen LogP contribution in [0.3, 0.4) is 0 Å². The largest absolute Gasteiger partial charge is 0.363 e. The highest BCUT2D eigenvalue weighted by Crippen LogP contribution is 2.24. The molecule has 9 heteroatoms. The number of anilines is 4. The second kappa shape index (κ2) is 8.19. The maximum atomic E-state index is 12.9. The van der Waals surface area contributed by atoms with Crippen molar-refractivity contribution in [2.24, 2.45) is 0 Å². The highest BCUT2D eigenvalue weighted by Gasteiger charge is 2.18. The third-order valence-corrected chi connectivity index (χ3v) is 5.99. The first-order valence-electron chi connectivity index (χ1n) is 9.58. The zero-order valence-electron chi connectivity index (χ0n) is 17.4. The Morgan fingerprint density at radius 3 is 2.35 bits per heavy atom. The Morgan fingerprint density at radius 1 is 0.903 bits per heavy atom. The first-order chi connectivity index (χ1) is 14.8. The van der Waals surface area contributed by atoms with Gasteiger partial charge in [0.1, 0.15) is 10.7 Å². The highest BCUT2D eigenvalue weighted by molar-refractivity contribution is 7.93. The van der Waals surface area contributed by atoms with Crippen LogP contribution in [0.15, 0.2) is 71.8 Å². The molecule has 0 amide bonds. The fourth-order valence-electron chi connectivity index (χ4n) is 3.09. The summed E-state index contributed by atoms with van der Waals surface area (Å²) in [5, 5.41) is 3.91. The van der Waals surface area contributed by atoms with Crippen molar-refractivity contribution in [1.82, 2.24) is 15.0 Å². The van der Waals surface area contributed by atoms with Crippen molar-refractivity contribution in [3.05, 3.63) is 72.6 Å². The molecule has 0 radical (unpaired) electrons. The predicted octanol–water partition coefficient (Wildman–Crippen LogP) is 3.94. The fraction of sp³-hybridized carbons (Fsp3) is 0.136. The molecule has 0 fully saturated rings. The molecule has 2 aromatic carbocycles. The topological polar surface area (TPSA) is 100 Å². The number of aryl methyl sites for hydroxylation is 1. The number of para-hydroxylation sites is 1. The number of rotatable bonds is 6. The molecule has 2 aromatic heterocycles. The van der Waals surface area contributed by atoms with Crippen molar-refractivity contribution in [3.8, 4) is 0 Å². The molecule has 0 atom stereocenters. The lowest BCUT2D eigenvalue weighted by molar-refractivity contribution is 0.602. The van der Waals surface area contributed by atoms with Crippen LogP contribution in [0, 0.1) is 6.92 Å². The first-order valence-corrected chi connectivity index (χ1v) is 11.1. The van der Waals surface area contributed by atoms with E-state index in [9.17, 15) is 8.42 Å². The normalized spacial score (nSPS) is 11.3. The van der Waals surface area contributed by atoms with Crippen molar-refractivity contribution in [3.63, 3.8) is 0 Å². The van der Waals surface area contributed by atoms with Gasteiger partial charge in [0.05, 0.1) is 5.52 Å². The Balaban J connectivity index is 1.55. The van der Waals surface area contributed by atoms with Gasteiger partial charge in [-0.05, 0) is 43.3 Å². The van der Waals surface area contributed by atoms with Crippen LogP contribution < -0.4 is 14.9 Å². The summed E-state index contributed by atoms with van der Waals surface area (Å²) in [4.78, 5) is 15.1. The van der Waals surface area contributed by atoms with Gasteiger partial charge >= 0.3 is 0 Å². The summed E-state index contributed by atoms with van der Waals surface area (Å²) in [6.45, 7) is 1.90. The van der Waals surface area contributed by atoms with Crippen molar-refractivity contribution in [2.45, 2.75) is 11.8 Å². The quantitative estimate of drug-likeness (QED) is 0.474. The average Bonchev–Trinajstić information content (AvgIpc) is 2.74. The smallest absolute Gasteiger partial charge is 0.264 e. The molecule has 0 aliphatic heterocycles. The molecular formula is C22H22N6O2S. The molecule has 0 bridgehead atoms. The minimum Gasteiger partial charge on any atom is -0.363 e. The molecule has 4 aromatic rings. The molecule has 0 unspecified atom stereocenters. The lowest BCUT2D eigenvalue weighted by Crippen LogP contribution is -2.14. The third kappa shape index (κ3) is 4.56. The zero-order valence-corrected chi connectivity index (χ0v) is 18.2. The van der Waals surface area contributed by atoms with Gasteiger partial charge in [-0.15, -0.1) is 0 Å². The number of hydrogen-bond acceptors (Lipinski definition) is 7. The van der Waals surface area contributed by atoms with E-state index >= 15 is 0 Å². The van der Waals surface area contributed by atoms with Gasteiger partial charge in [0, 0.05) is 48.8 Å². The molecule has 0 aliphatic rings. The van der Waals surface area contributed by atoms with E-state index in [1.165, 1.54) is 0 Å². The molecule has 8 nitrogen and oxygen atoms in total. The Labute approximate surface area is 181 Å². The van der Waals surface area contributed by atoms with Gasteiger partial charge in [-0.2, -0.15) is 4.98 Å². The number of hydrogen-bond donors (Lipinski definition) is 2. The van der Waals surface area contributed by atoms with Gasteiger partial charge in [-0.3, -0.25) is 9.71 Å². The Bertz CT molecular complexity index is 1330. The van der Waals surface area contributed by atoms with Crippen molar-refractivity contribution < 1.29 is 8.42 Å². The molecular weight excluding hydrogens is 412 g/mol. The van der Waals surface area contributed by atoms with Crippen molar-refractivity contribution >= 4 is 44.1 Å². The third-order valence-electron chi connectivity index (χ3n) is 4.58. The van der Waals surface area contributed by atoms with Crippen LogP contribution in [0.1, 0.15) is 5.69 Å². The van der Waals surface area contributed by atoms with Crippen molar-refractivity contribution in [2.75, 3.05) is 29.0 Å². The van der Waals surface area contributed by atoms with E-state index in [0.717, 1.165) is 22.6 Å². The summed E-state index contributed by atoms with van der Waals surface area (Å²) in [5.41, 5.74) is 2.46. The number of pyridine rings is 1. The molecule has 158 valence electrons. The maximum absolute atomic E-state index is 12.9. The van der Waals surface area contributed by atoms with Gasteiger partial charge < -0.3 is 10.2 Å².